The Bertz CT molecular complexity index is 463. The molecule has 2 N–H and O–H groups in total. The van der Waals surface area contributed by atoms with E-state index in [1.54, 1.807) is 6.07 Å². The number of hydrogen-bond acceptors (Lipinski definition) is 4. The third kappa shape index (κ3) is 2.56. The molecule has 1 aliphatic heterocycles. The SMILES string of the molecule is CC(C)c1nc(Cl)cc(N2CCCC2C(N)=O)n1. The lowest BCUT2D eigenvalue weighted by Gasteiger charge is -2.24. The monoisotopic (exact) mass is 268 g/mol. The third-order valence-electron chi connectivity index (χ3n) is 3.09. The van der Waals surface area contributed by atoms with Crippen LogP contribution in [0.4, 0.5) is 5.82 Å². The van der Waals surface area contributed by atoms with Crippen molar-refractivity contribution in [2.45, 2.75) is 38.6 Å². The Morgan fingerprint density at radius 1 is 1.56 bits per heavy atom. The summed E-state index contributed by atoms with van der Waals surface area (Å²) in [6, 6.07) is 1.41. The Balaban J connectivity index is 2.35. The van der Waals surface area contributed by atoms with Gasteiger partial charge in [0.1, 0.15) is 22.8 Å². The molecule has 0 bridgehead atoms. The highest BCUT2D eigenvalue weighted by Crippen LogP contribution is 2.26. The third-order valence-corrected chi connectivity index (χ3v) is 3.28. The number of aromatic nitrogens is 2. The molecule has 0 aliphatic carbocycles. The lowest BCUT2D eigenvalue weighted by molar-refractivity contribution is -0.119. The predicted molar refractivity (Wildman–Crippen MR) is 70.7 cm³/mol. The summed E-state index contributed by atoms with van der Waals surface area (Å²) >= 11 is 6.01. The maximum atomic E-state index is 11.4. The van der Waals surface area contributed by atoms with Crippen molar-refractivity contribution in [2.75, 3.05) is 11.4 Å². The summed E-state index contributed by atoms with van der Waals surface area (Å²) in [5.74, 6) is 1.26. The van der Waals surface area contributed by atoms with Crippen molar-refractivity contribution in [2.24, 2.45) is 5.73 Å². The Labute approximate surface area is 111 Å². The zero-order valence-corrected chi connectivity index (χ0v) is 11.3. The number of hydrogen-bond donors (Lipinski definition) is 1. The van der Waals surface area contributed by atoms with Gasteiger partial charge in [0.25, 0.3) is 0 Å². The van der Waals surface area contributed by atoms with Crippen molar-refractivity contribution in [1.29, 1.82) is 0 Å². The van der Waals surface area contributed by atoms with Gasteiger partial charge in [-0.1, -0.05) is 25.4 Å². The van der Waals surface area contributed by atoms with Gasteiger partial charge < -0.3 is 10.6 Å². The van der Waals surface area contributed by atoms with Crippen molar-refractivity contribution in [3.8, 4) is 0 Å². The zero-order valence-electron chi connectivity index (χ0n) is 10.6. The highest BCUT2D eigenvalue weighted by Gasteiger charge is 2.30. The maximum absolute atomic E-state index is 11.4. The highest BCUT2D eigenvalue weighted by molar-refractivity contribution is 6.29. The minimum atomic E-state index is -0.312. The van der Waals surface area contributed by atoms with Crippen molar-refractivity contribution in [3.63, 3.8) is 0 Å². The summed E-state index contributed by atoms with van der Waals surface area (Å²) in [5.41, 5.74) is 5.40. The summed E-state index contributed by atoms with van der Waals surface area (Å²) in [6.45, 7) is 4.79. The molecule has 0 spiro atoms. The number of anilines is 1. The number of nitrogens with two attached hydrogens (primary N) is 1. The lowest BCUT2D eigenvalue weighted by Crippen LogP contribution is -2.40. The summed E-state index contributed by atoms with van der Waals surface area (Å²) in [6.07, 6.45) is 1.71. The smallest absolute Gasteiger partial charge is 0.240 e. The van der Waals surface area contributed by atoms with Crippen LogP contribution >= 0.6 is 11.6 Å². The van der Waals surface area contributed by atoms with E-state index < -0.39 is 0 Å². The second-order valence-corrected chi connectivity index (χ2v) is 5.20. The van der Waals surface area contributed by atoms with Crippen molar-refractivity contribution in [1.82, 2.24) is 9.97 Å². The number of amides is 1. The summed E-state index contributed by atoms with van der Waals surface area (Å²) in [4.78, 5) is 22.0. The fraction of sp³-hybridized carbons (Fsp3) is 0.583. The van der Waals surface area contributed by atoms with Crippen molar-refractivity contribution >= 4 is 23.3 Å². The Morgan fingerprint density at radius 2 is 2.28 bits per heavy atom. The van der Waals surface area contributed by atoms with Gasteiger partial charge in [0.05, 0.1) is 0 Å². The van der Waals surface area contributed by atoms with Crippen LogP contribution in [0.3, 0.4) is 0 Å². The first-order valence-corrected chi connectivity index (χ1v) is 6.47. The Morgan fingerprint density at radius 3 is 2.89 bits per heavy atom. The minimum Gasteiger partial charge on any atom is -0.368 e. The number of halogens is 1. The average molecular weight is 269 g/mol. The summed E-state index contributed by atoms with van der Waals surface area (Å²) in [7, 11) is 0. The molecule has 18 heavy (non-hydrogen) atoms. The first kappa shape index (κ1) is 13.1. The van der Waals surface area contributed by atoms with E-state index >= 15 is 0 Å². The van der Waals surface area contributed by atoms with Gasteiger partial charge in [0.2, 0.25) is 5.91 Å². The molecule has 1 unspecified atom stereocenters. The highest BCUT2D eigenvalue weighted by atomic mass is 35.5. The lowest BCUT2D eigenvalue weighted by atomic mass is 10.2. The van der Waals surface area contributed by atoms with E-state index in [1.165, 1.54) is 0 Å². The molecule has 6 heteroatoms. The van der Waals surface area contributed by atoms with Crippen LogP contribution < -0.4 is 10.6 Å². The molecule has 1 atom stereocenters. The normalized spacial score (nSPS) is 19.6. The standard InChI is InChI=1S/C12H17ClN4O/c1-7(2)12-15-9(13)6-10(16-12)17-5-3-4-8(17)11(14)18/h6-8H,3-5H2,1-2H3,(H2,14,18). The number of rotatable bonds is 3. The van der Waals surface area contributed by atoms with E-state index in [9.17, 15) is 4.79 Å². The summed E-state index contributed by atoms with van der Waals surface area (Å²) in [5, 5.41) is 0.402. The second kappa shape index (κ2) is 5.10. The van der Waals surface area contributed by atoms with Gasteiger partial charge in [0.15, 0.2) is 0 Å². The van der Waals surface area contributed by atoms with Gasteiger partial charge in [-0.2, -0.15) is 0 Å². The van der Waals surface area contributed by atoms with Gasteiger partial charge in [-0.3, -0.25) is 4.79 Å². The molecule has 1 fully saturated rings. The van der Waals surface area contributed by atoms with Crippen molar-refractivity contribution in [3.05, 3.63) is 17.0 Å². The second-order valence-electron chi connectivity index (χ2n) is 4.82. The molecule has 0 saturated carbocycles. The molecule has 1 saturated heterocycles. The van der Waals surface area contributed by atoms with E-state index in [1.807, 2.05) is 18.7 Å². The minimum absolute atomic E-state index is 0.192. The van der Waals surface area contributed by atoms with Crippen LogP contribution in [-0.2, 0) is 4.79 Å². The maximum Gasteiger partial charge on any atom is 0.240 e. The molecule has 2 heterocycles. The molecule has 1 aliphatic rings. The largest absolute Gasteiger partial charge is 0.368 e. The van der Waals surface area contributed by atoms with Crippen molar-refractivity contribution < 1.29 is 4.79 Å². The first-order chi connectivity index (χ1) is 8.49. The topological polar surface area (TPSA) is 72.1 Å². The molecule has 1 aromatic heterocycles. The molecule has 0 radical (unpaired) electrons. The fourth-order valence-electron chi connectivity index (χ4n) is 2.16. The molecule has 98 valence electrons. The van der Waals surface area contributed by atoms with Crippen LogP contribution in [0.2, 0.25) is 5.15 Å². The van der Waals surface area contributed by atoms with Gasteiger partial charge >= 0.3 is 0 Å². The number of nitrogens with zero attached hydrogens (tertiary/aromatic N) is 3. The van der Waals surface area contributed by atoms with Crippen LogP contribution in [-0.4, -0.2) is 28.5 Å². The van der Waals surface area contributed by atoms with Gasteiger partial charge in [-0.05, 0) is 12.8 Å². The van der Waals surface area contributed by atoms with E-state index in [0.717, 1.165) is 19.4 Å². The predicted octanol–water partition coefficient (Wildman–Crippen LogP) is 1.71. The van der Waals surface area contributed by atoms with Crippen LogP contribution in [0.25, 0.3) is 0 Å². The molecule has 5 nitrogen and oxygen atoms in total. The van der Waals surface area contributed by atoms with Gasteiger partial charge in [0, 0.05) is 18.5 Å². The first-order valence-electron chi connectivity index (χ1n) is 6.09. The molecule has 1 amide bonds. The average Bonchev–Trinajstić information content (AvgIpc) is 2.76. The quantitative estimate of drug-likeness (QED) is 0.847. The number of primary amides is 1. The van der Waals surface area contributed by atoms with E-state index in [0.29, 0.717) is 16.8 Å². The molecule has 2 rings (SSSR count). The Hall–Kier alpha value is -1.36. The fourth-order valence-corrected chi connectivity index (χ4v) is 2.35. The molecular weight excluding hydrogens is 252 g/mol. The number of carbonyl (C=O) groups excluding carboxylic acids is 1. The van der Waals surface area contributed by atoms with Crippen LogP contribution in [0, 0.1) is 0 Å². The van der Waals surface area contributed by atoms with Gasteiger partial charge in [-0.25, -0.2) is 9.97 Å². The van der Waals surface area contributed by atoms with Crippen LogP contribution in [0.1, 0.15) is 38.4 Å². The zero-order chi connectivity index (χ0) is 13.3. The Kier molecular flexibility index (Phi) is 3.71. The van der Waals surface area contributed by atoms with Crippen LogP contribution in [0.5, 0.6) is 0 Å². The number of carbonyl (C=O) groups is 1. The van der Waals surface area contributed by atoms with E-state index in [2.05, 4.69) is 9.97 Å². The molecule has 0 aromatic carbocycles. The van der Waals surface area contributed by atoms with Crippen LogP contribution in [0.15, 0.2) is 6.07 Å². The molecule has 1 aromatic rings. The van der Waals surface area contributed by atoms with E-state index in [-0.39, 0.29) is 17.9 Å². The summed E-state index contributed by atoms with van der Waals surface area (Å²) < 4.78 is 0. The molecular formula is C12H17ClN4O. The van der Waals surface area contributed by atoms with Gasteiger partial charge in [-0.15, -0.1) is 0 Å². The van der Waals surface area contributed by atoms with E-state index in [4.69, 9.17) is 17.3 Å².